The second kappa shape index (κ2) is 6.00. The maximum Gasteiger partial charge on any atom is 0.383 e. The Balaban J connectivity index is 1.75. The minimum atomic E-state index is -0.496. The molecule has 9 heteroatoms. The van der Waals surface area contributed by atoms with E-state index in [-0.39, 0.29) is 11.7 Å². The molecule has 1 aliphatic carbocycles. The fraction of sp³-hybridized carbons (Fsp3) is 0.312. The minimum absolute atomic E-state index is 0.147. The molecule has 2 aromatic heterocycles. The van der Waals surface area contributed by atoms with Gasteiger partial charge < -0.3 is 20.0 Å². The van der Waals surface area contributed by atoms with E-state index in [1.165, 1.54) is 0 Å². The third kappa shape index (κ3) is 2.44. The molecule has 1 aliphatic heterocycles. The predicted molar refractivity (Wildman–Crippen MR) is 89.4 cm³/mol. The van der Waals surface area contributed by atoms with Gasteiger partial charge in [-0.3, -0.25) is 9.79 Å². The lowest BCUT2D eigenvalue weighted by Crippen LogP contribution is -2.71. The van der Waals surface area contributed by atoms with Crippen molar-refractivity contribution in [1.82, 2.24) is 19.9 Å². The van der Waals surface area contributed by atoms with E-state index in [1.807, 2.05) is 6.08 Å². The number of aromatic amines is 1. The molecule has 0 saturated carbocycles. The number of hydrogen-bond donors (Lipinski definition) is 3. The third-order valence-corrected chi connectivity index (χ3v) is 4.35. The van der Waals surface area contributed by atoms with Crippen molar-refractivity contribution < 1.29 is 14.2 Å². The number of rotatable bonds is 1. The summed E-state index contributed by atoms with van der Waals surface area (Å²) in [6, 6.07) is -0.496. The molecule has 128 valence electrons. The van der Waals surface area contributed by atoms with E-state index in [4.69, 9.17) is 10.2 Å². The number of nitrogens with two attached hydrogens (primary N) is 1. The van der Waals surface area contributed by atoms with Gasteiger partial charge in [-0.2, -0.15) is 0 Å². The van der Waals surface area contributed by atoms with Gasteiger partial charge >= 0.3 is 11.7 Å². The number of H-pyrrole nitrogens is 1. The van der Waals surface area contributed by atoms with Gasteiger partial charge in [-0.05, 0) is 17.5 Å². The summed E-state index contributed by atoms with van der Waals surface area (Å²) in [5, 5.41) is 0. The summed E-state index contributed by atoms with van der Waals surface area (Å²) in [5.41, 5.74) is 7.75. The zero-order valence-corrected chi connectivity index (χ0v) is 13.7. The summed E-state index contributed by atoms with van der Waals surface area (Å²) in [7, 11) is 1.62. The average molecular weight is 340 g/mol. The monoisotopic (exact) mass is 340 g/mol. The van der Waals surface area contributed by atoms with Gasteiger partial charge in [-0.1, -0.05) is 6.08 Å². The first-order chi connectivity index (χ1) is 12.2. The van der Waals surface area contributed by atoms with Crippen LogP contribution in [0.5, 0.6) is 0 Å². The van der Waals surface area contributed by atoms with Crippen LogP contribution in [0.3, 0.4) is 0 Å². The van der Waals surface area contributed by atoms with Crippen molar-refractivity contribution in [1.29, 1.82) is 0 Å². The van der Waals surface area contributed by atoms with E-state index in [0.717, 1.165) is 42.0 Å². The van der Waals surface area contributed by atoms with Crippen LogP contribution in [0.25, 0.3) is 6.08 Å². The maximum atomic E-state index is 12.9. The summed E-state index contributed by atoms with van der Waals surface area (Å²) in [6.07, 6.45) is 8.44. The van der Waals surface area contributed by atoms with Crippen LogP contribution in [0.15, 0.2) is 21.8 Å². The van der Waals surface area contributed by atoms with Crippen molar-refractivity contribution in [2.45, 2.75) is 25.4 Å². The van der Waals surface area contributed by atoms with Crippen LogP contribution >= 0.6 is 0 Å². The Morgan fingerprint density at radius 3 is 3.24 bits per heavy atom. The molecule has 4 rings (SSSR count). The first-order valence-electron chi connectivity index (χ1n) is 8.01. The molecule has 3 heterocycles. The number of allylic oxidation sites excluding steroid dienone is 1. The number of nitrogens with one attached hydrogen (secondary N) is 2. The molecule has 9 nitrogen and oxygen atoms in total. The van der Waals surface area contributed by atoms with E-state index in [9.17, 15) is 4.79 Å². The van der Waals surface area contributed by atoms with Gasteiger partial charge in [0.05, 0.1) is 31.3 Å². The molecule has 0 bridgehead atoms. The fourth-order valence-corrected chi connectivity index (χ4v) is 3.20. The lowest BCUT2D eigenvalue weighted by atomic mass is 10.1. The lowest BCUT2D eigenvalue weighted by molar-refractivity contribution is -0.420. The van der Waals surface area contributed by atoms with Crippen LogP contribution in [-0.2, 0) is 17.8 Å². The van der Waals surface area contributed by atoms with Gasteiger partial charge in [0.15, 0.2) is 6.04 Å². The van der Waals surface area contributed by atoms with E-state index in [1.54, 1.807) is 18.3 Å². The summed E-state index contributed by atoms with van der Waals surface area (Å²) in [5.74, 6) is 1.15. The fourth-order valence-electron chi connectivity index (χ4n) is 3.20. The van der Waals surface area contributed by atoms with Crippen molar-refractivity contribution in [2.75, 3.05) is 7.05 Å². The predicted octanol–water partition coefficient (Wildman–Crippen LogP) is -1.12. The van der Waals surface area contributed by atoms with Crippen LogP contribution < -0.4 is 10.7 Å². The van der Waals surface area contributed by atoms with Crippen LogP contribution in [0.1, 0.15) is 41.2 Å². The molecule has 4 N–H and O–H groups in total. The van der Waals surface area contributed by atoms with Gasteiger partial charge in [0, 0.05) is 6.42 Å². The number of aromatic nitrogens is 3. The van der Waals surface area contributed by atoms with Crippen LogP contribution in [0.4, 0.5) is 0 Å². The van der Waals surface area contributed by atoms with Crippen LogP contribution in [0, 0.1) is 0 Å². The third-order valence-electron chi connectivity index (χ3n) is 4.35. The SMILES string of the molecule is C[NH+]=C(N=CN)C(=O)N1Cc2[nH]cnc2[C@@H]1c1nc2c(o1)CCC=C2. The van der Waals surface area contributed by atoms with Crippen molar-refractivity contribution >= 4 is 24.2 Å². The number of aryl methyl sites for hydroxylation is 1. The Morgan fingerprint density at radius 1 is 1.60 bits per heavy atom. The van der Waals surface area contributed by atoms with Crippen LogP contribution in [0.2, 0.25) is 0 Å². The molecule has 0 radical (unpaired) electrons. The first kappa shape index (κ1) is 15.3. The van der Waals surface area contributed by atoms with Gasteiger partial charge in [0.25, 0.3) is 0 Å². The molecule has 2 aliphatic rings. The van der Waals surface area contributed by atoms with E-state index < -0.39 is 6.04 Å². The number of amidine groups is 1. The number of carbonyl (C=O) groups excluding carboxylic acids is 1. The normalized spacial score (nSPS) is 19.5. The molecule has 2 aromatic rings. The molecule has 0 aromatic carbocycles. The number of amides is 1. The molecule has 1 atom stereocenters. The van der Waals surface area contributed by atoms with Gasteiger partial charge in [-0.25, -0.2) is 9.97 Å². The molecule has 0 unspecified atom stereocenters. The summed E-state index contributed by atoms with van der Waals surface area (Å²) in [6.45, 7) is 0.368. The van der Waals surface area contributed by atoms with E-state index >= 15 is 0 Å². The second-order valence-electron chi connectivity index (χ2n) is 5.78. The zero-order chi connectivity index (χ0) is 17.4. The van der Waals surface area contributed by atoms with Crippen molar-refractivity contribution in [3.05, 3.63) is 41.1 Å². The zero-order valence-electron chi connectivity index (χ0n) is 13.7. The van der Waals surface area contributed by atoms with Gasteiger partial charge in [0.1, 0.15) is 11.5 Å². The van der Waals surface area contributed by atoms with Crippen molar-refractivity contribution in [3.8, 4) is 0 Å². The Kier molecular flexibility index (Phi) is 3.68. The average Bonchev–Trinajstić information content (AvgIpc) is 3.31. The number of fused-ring (bicyclic) bond motifs is 2. The summed E-state index contributed by atoms with van der Waals surface area (Å²) < 4.78 is 5.97. The molecular formula is C16H18N7O2+. The highest BCUT2D eigenvalue weighted by atomic mass is 16.4. The quantitative estimate of drug-likeness (QED) is 0.448. The Hall–Kier alpha value is -3.23. The summed E-state index contributed by atoms with van der Waals surface area (Å²) in [4.78, 5) is 33.2. The maximum absolute atomic E-state index is 12.9. The first-order valence-corrected chi connectivity index (χ1v) is 8.01. The lowest BCUT2D eigenvalue weighted by Gasteiger charge is -2.19. The van der Waals surface area contributed by atoms with Crippen molar-refractivity contribution in [3.63, 3.8) is 0 Å². The largest absolute Gasteiger partial charge is 0.442 e. The highest BCUT2D eigenvalue weighted by molar-refractivity contribution is 6.36. The summed E-state index contributed by atoms with van der Waals surface area (Å²) >= 11 is 0. The topological polar surface area (TPSA) is 127 Å². The van der Waals surface area contributed by atoms with E-state index in [0.29, 0.717) is 12.4 Å². The smallest absolute Gasteiger partial charge is 0.383 e. The number of oxazole rings is 1. The number of nitrogens with zero attached hydrogens (tertiary/aromatic N) is 4. The standard InChI is InChI=1S/C16H17N7O2/c1-18-14(19-7-17)16(24)23-6-10-12(21-8-20-10)13(23)15-22-9-4-2-3-5-11(9)25-15/h2,4,7-8,13H,3,5-6H2,1H3,(H,20,21)(H2,17,18,19)/p+1/t13-/m1/s1. The minimum Gasteiger partial charge on any atom is -0.442 e. The van der Waals surface area contributed by atoms with E-state index in [2.05, 4.69) is 31.0 Å². The Labute approximate surface area is 143 Å². The highest BCUT2D eigenvalue weighted by Crippen LogP contribution is 2.37. The molecule has 0 fully saturated rings. The second-order valence-corrected chi connectivity index (χ2v) is 5.78. The molecule has 1 amide bonds. The molecule has 25 heavy (non-hydrogen) atoms. The van der Waals surface area contributed by atoms with Crippen LogP contribution in [-0.4, -0.2) is 45.0 Å². The molecule has 0 saturated heterocycles. The Bertz CT molecular complexity index is 905. The van der Waals surface area contributed by atoms with Gasteiger partial charge in [0.2, 0.25) is 12.2 Å². The highest BCUT2D eigenvalue weighted by Gasteiger charge is 2.43. The number of imidazole rings is 1. The van der Waals surface area contributed by atoms with Gasteiger partial charge in [-0.15, -0.1) is 0 Å². The number of hydrogen-bond acceptors (Lipinski definition) is 4. The molecular weight excluding hydrogens is 322 g/mol. The number of aliphatic imine (C=N–C) groups is 1. The molecule has 0 spiro atoms. The Morgan fingerprint density at radius 2 is 2.48 bits per heavy atom. The van der Waals surface area contributed by atoms with Crippen molar-refractivity contribution in [2.24, 2.45) is 10.7 Å². The number of carbonyl (C=O) groups is 1.